The Morgan fingerprint density at radius 3 is 2.55 bits per heavy atom. The van der Waals surface area contributed by atoms with Gasteiger partial charge in [-0.25, -0.2) is 8.78 Å². The zero-order chi connectivity index (χ0) is 14.2. The highest BCUT2D eigenvalue weighted by Gasteiger charge is 2.39. The van der Waals surface area contributed by atoms with Crippen molar-refractivity contribution in [1.29, 1.82) is 0 Å². The predicted octanol–water partition coefficient (Wildman–Crippen LogP) is 4.50. The molecule has 20 heavy (non-hydrogen) atoms. The topological polar surface area (TPSA) is 17.1 Å². The van der Waals surface area contributed by atoms with Gasteiger partial charge in [0.15, 0.2) is 0 Å². The van der Waals surface area contributed by atoms with Gasteiger partial charge in [-0.3, -0.25) is 4.79 Å². The van der Waals surface area contributed by atoms with Gasteiger partial charge in [-0.2, -0.15) is 0 Å². The third-order valence-corrected chi connectivity index (χ3v) is 4.83. The van der Waals surface area contributed by atoms with E-state index in [1.807, 2.05) is 18.2 Å². The second-order valence-electron chi connectivity index (χ2n) is 6.18. The first kappa shape index (κ1) is 13.7. The standard InChI is InChI=1S/C17H20F2O/c18-17(19)10-8-13(9-11-17)16(20)15-7-3-5-12-4-1-2-6-14(12)15/h1-2,4,6,13,15H,3,5,7-11H2. The monoisotopic (exact) mass is 278 g/mol. The minimum atomic E-state index is -2.55. The first-order chi connectivity index (χ1) is 9.57. The van der Waals surface area contributed by atoms with Crippen molar-refractivity contribution >= 4 is 5.78 Å². The highest BCUT2D eigenvalue weighted by Crippen LogP contribution is 2.41. The molecule has 108 valence electrons. The van der Waals surface area contributed by atoms with E-state index in [1.54, 1.807) is 0 Å². The Bertz CT molecular complexity index is 499. The van der Waals surface area contributed by atoms with Crippen molar-refractivity contribution in [3.8, 4) is 0 Å². The molecule has 0 radical (unpaired) electrons. The first-order valence-corrected chi connectivity index (χ1v) is 7.56. The number of carbonyl (C=O) groups excluding carboxylic acids is 1. The molecule has 3 heteroatoms. The molecular formula is C17H20F2O. The molecule has 2 aliphatic carbocycles. The molecule has 1 saturated carbocycles. The molecule has 0 saturated heterocycles. The molecule has 1 fully saturated rings. The summed E-state index contributed by atoms with van der Waals surface area (Å²) in [6.07, 6.45) is 3.38. The van der Waals surface area contributed by atoms with Crippen LogP contribution in [0.25, 0.3) is 0 Å². The van der Waals surface area contributed by atoms with Crippen LogP contribution in [-0.2, 0) is 11.2 Å². The molecule has 1 aromatic carbocycles. The molecule has 1 atom stereocenters. The molecule has 0 amide bonds. The van der Waals surface area contributed by atoms with Crippen LogP contribution < -0.4 is 0 Å². The van der Waals surface area contributed by atoms with Crippen LogP contribution in [0.5, 0.6) is 0 Å². The third-order valence-electron chi connectivity index (χ3n) is 4.83. The minimum Gasteiger partial charge on any atom is -0.299 e. The molecule has 0 N–H and O–H groups in total. The van der Waals surface area contributed by atoms with Gasteiger partial charge in [0.2, 0.25) is 5.92 Å². The van der Waals surface area contributed by atoms with E-state index in [9.17, 15) is 13.6 Å². The second-order valence-corrected chi connectivity index (χ2v) is 6.18. The fourth-order valence-electron chi connectivity index (χ4n) is 3.66. The predicted molar refractivity (Wildman–Crippen MR) is 74.0 cm³/mol. The molecule has 1 nitrogen and oxygen atoms in total. The molecule has 1 unspecified atom stereocenters. The molecule has 0 aliphatic heterocycles. The van der Waals surface area contributed by atoms with Crippen LogP contribution in [0.2, 0.25) is 0 Å². The van der Waals surface area contributed by atoms with Crippen LogP contribution in [0, 0.1) is 5.92 Å². The summed E-state index contributed by atoms with van der Waals surface area (Å²) < 4.78 is 26.4. The SMILES string of the molecule is O=C(C1CCC(F)(F)CC1)C1CCCc2ccccc21. The Kier molecular flexibility index (Phi) is 3.61. The normalized spacial score (nSPS) is 26.0. The third kappa shape index (κ3) is 2.63. The van der Waals surface area contributed by atoms with E-state index in [1.165, 1.54) is 5.56 Å². The van der Waals surface area contributed by atoms with Crippen molar-refractivity contribution in [3.05, 3.63) is 35.4 Å². The molecule has 1 aromatic rings. The first-order valence-electron chi connectivity index (χ1n) is 7.56. The van der Waals surface area contributed by atoms with E-state index < -0.39 is 5.92 Å². The minimum absolute atomic E-state index is 0.0586. The summed E-state index contributed by atoms with van der Waals surface area (Å²) in [6.45, 7) is 0. The van der Waals surface area contributed by atoms with Gasteiger partial charge in [0.25, 0.3) is 0 Å². The van der Waals surface area contributed by atoms with Gasteiger partial charge in [-0.15, -0.1) is 0 Å². The summed E-state index contributed by atoms with van der Waals surface area (Å²) in [5, 5.41) is 0. The molecule has 2 aliphatic rings. The lowest BCUT2D eigenvalue weighted by atomic mass is 9.73. The van der Waals surface area contributed by atoms with Crippen molar-refractivity contribution in [2.45, 2.75) is 56.8 Å². The van der Waals surface area contributed by atoms with E-state index in [2.05, 4.69) is 6.07 Å². The van der Waals surface area contributed by atoms with Gasteiger partial charge < -0.3 is 0 Å². The van der Waals surface area contributed by atoms with E-state index in [0.29, 0.717) is 12.8 Å². The quantitative estimate of drug-likeness (QED) is 0.778. The van der Waals surface area contributed by atoms with Crippen molar-refractivity contribution in [3.63, 3.8) is 0 Å². The van der Waals surface area contributed by atoms with Crippen molar-refractivity contribution in [2.75, 3.05) is 0 Å². The summed E-state index contributed by atoms with van der Waals surface area (Å²) in [7, 11) is 0. The lowest BCUT2D eigenvalue weighted by Gasteiger charge is -2.32. The number of carbonyl (C=O) groups is 1. The number of Topliss-reactive ketones (excluding diaryl/α,β-unsaturated/α-hetero) is 1. The molecule has 0 heterocycles. The van der Waals surface area contributed by atoms with Crippen molar-refractivity contribution in [1.82, 2.24) is 0 Å². The number of fused-ring (bicyclic) bond motifs is 1. The molecule has 0 bridgehead atoms. The number of hydrogen-bond donors (Lipinski definition) is 0. The summed E-state index contributed by atoms with van der Waals surface area (Å²) in [6, 6.07) is 8.10. The van der Waals surface area contributed by atoms with Gasteiger partial charge in [0.05, 0.1) is 0 Å². The fraction of sp³-hybridized carbons (Fsp3) is 0.588. The lowest BCUT2D eigenvalue weighted by Crippen LogP contribution is -2.32. The lowest BCUT2D eigenvalue weighted by molar-refractivity contribution is -0.128. The second kappa shape index (κ2) is 5.27. The van der Waals surface area contributed by atoms with E-state index in [4.69, 9.17) is 0 Å². The van der Waals surface area contributed by atoms with Gasteiger partial charge in [-0.1, -0.05) is 24.3 Å². The summed E-state index contributed by atoms with van der Waals surface area (Å²) in [4.78, 5) is 12.7. The summed E-state index contributed by atoms with van der Waals surface area (Å²) in [5.74, 6) is -2.57. The Morgan fingerprint density at radius 2 is 1.80 bits per heavy atom. The summed E-state index contributed by atoms with van der Waals surface area (Å²) in [5.41, 5.74) is 2.40. The molecule has 0 aromatic heterocycles. The fourth-order valence-corrected chi connectivity index (χ4v) is 3.66. The van der Waals surface area contributed by atoms with Crippen molar-refractivity contribution in [2.24, 2.45) is 5.92 Å². The van der Waals surface area contributed by atoms with Gasteiger partial charge in [0.1, 0.15) is 5.78 Å². The number of hydrogen-bond acceptors (Lipinski definition) is 1. The van der Waals surface area contributed by atoms with Crippen molar-refractivity contribution < 1.29 is 13.6 Å². The van der Waals surface area contributed by atoms with Crippen LogP contribution in [0.3, 0.4) is 0 Å². The molecule has 3 rings (SSSR count). The highest BCUT2D eigenvalue weighted by molar-refractivity contribution is 5.88. The Hall–Kier alpha value is -1.25. The average molecular weight is 278 g/mol. The number of aryl methyl sites for hydroxylation is 1. The summed E-state index contributed by atoms with van der Waals surface area (Å²) >= 11 is 0. The van der Waals surface area contributed by atoms with E-state index in [0.717, 1.165) is 24.8 Å². The van der Waals surface area contributed by atoms with E-state index >= 15 is 0 Å². The van der Waals surface area contributed by atoms with Crippen LogP contribution in [0.4, 0.5) is 8.78 Å². The smallest absolute Gasteiger partial charge is 0.248 e. The van der Waals surface area contributed by atoms with Gasteiger partial charge in [-0.05, 0) is 43.2 Å². The van der Waals surface area contributed by atoms with Crippen LogP contribution in [0.1, 0.15) is 55.6 Å². The maximum Gasteiger partial charge on any atom is 0.248 e. The van der Waals surface area contributed by atoms with Crippen LogP contribution >= 0.6 is 0 Å². The highest BCUT2D eigenvalue weighted by atomic mass is 19.3. The van der Waals surface area contributed by atoms with Crippen LogP contribution in [0.15, 0.2) is 24.3 Å². The number of halogens is 2. The maximum absolute atomic E-state index is 13.2. The number of alkyl halides is 2. The zero-order valence-corrected chi connectivity index (χ0v) is 11.6. The zero-order valence-electron chi connectivity index (χ0n) is 11.6. The largest absolute Gasteiger partial charge is 0.299 e. The number of rotatable bonds is 2. The van der Waals surface area contributed by atoms with Crippen LogP contribution in [-0.4, -0.2) is 11.7 Å². The number of ketones is 1. The average Bonchev–Trinajstić information content (AvgIpc) is 2.46. The van der Waals surface area contributed by atoms with Gasteiger partial charge in [0, 0.05) is 24.7 Å². The molecule has 0 spiro atoms. The Morgan fingerprint density at radius 1 is 1.10 bits per heavy atom. The maximum atomic E-state index is 13.2. The molecular weight excluding hydrogens is 258 g/mol. The Balaban J connectivity index is 1.76. The number of benzene rings is 1. The van der Waals surface area contributed by atoms with E-state index in [-0.39, 0.29) is 30.5 Å². The Labute approximate surface area is 118 Å². The van der Waals surface area contributed by atoms with Gasteiger partial charge >= 0.3 is 0 Å².